The van der Waals surface area contributed by atoms with Crippen molar-refractivity contribution in [2.45, 2.75) is 13.5 Å². The monoisotopic (exact) mass is 309 g/mol. The van der Waals surface area contributed by atoms with Crippen LogP contribution >= 0.6 is 11.6 Å². The van der Waals surface area contributed by atoms with E-state index in [1.54, 1.807) is 31.2 Å². The van der Waals surface area contributed by atoms with Gasteiger partial charge in [0.1, 0.15) is 6.54 Å². The Morgan fingerprint density at radius 2 is 2.05 bits per heavy atom. The molecule has 2 rings (SSSR count). The molecule has 8 nitrogen and oxygen atoms in total. The van der Waals surface area contributed by atoms with Crippen molar-refractivity contribution in [1.82, 2.24) is 20.2 Å². The van der Waals surface area contributed by atoms with Crippen LogP contribution in [-0.4, -0.2) is 38.7 Å². The standard InChI is InChI=1S/C12H12ClN5O3/c1-2-21-12(20)11-15-16-17-18(11)7-10(19)14-9-5-3-8(13)4-6-9/h3-6H,2,7H2,1H3,(H,14,19). The molecule has 0 aliphatic heterocycles. The van der Waals surface area contributed by atoms with Crippen LogP contribution in [0.25, 0.3) is 0 Å². The van der Waals surface area contributed by atoms with Gasteiger partial charge >= 0.3 is 5.97 Å². The second-order valence-electron chi connectivity index (χ2n) is 3.94. The number of esters is 1. The van der Waals surface area contributed by atoms with E-state index in [4.69, 9.17) is 16.3 Å². The Morgan fingerprint density at radius 3 is 2.71 bits per heavy atom. The van der Waals surface area contributed by atoms with Crippen LogP contribution in [0.15, 0.2) is 24.3 Å². The Hall–Kier alpha value is -2.48. The fourth-order valence-electron chi connectivity index (χ4n) is 1.52. The third-order valence-electron chi connectivity index (χ3n) is 2.41. The molecule has 0 fully saturated rings. The van der Waals surface area contributed by atoms with Crippen molar-refractivity contribution in [3.63, 3.8) is 0 Å². The average molecular weight is 310 g/mol. The van der Waals surface area contributed by atoms with Crippen molar-refractivity contribution in [1.29, 1.82) is 0 Å². The predicted molar refractivity (Wildman–Crippen MR) is 73.9 cm³/mol. The van der Waals surface area contributed by atoms with Crippen LogP contribution in [0, 0.1) is 0 Å². The molecule has 1 aromatic heterocycles. The first-order chi connectivity index (χ1) is 10.1. The lowest BCUT2D eigenvalue weighted by atomic mass is 10.3. The van der Waals surface area contributed by atoms with E-state index < -0.39 is 5.97 Å². The molecule has 1 heterocycles. The van der Waals surface area contributed by atoms with E-state index in [1.807, 2.05) is 0 Å². The second kappa shape index (κ2) is 6.80. The van der Waals surface area contributed by atoms with Crippen molar-refractivity contribution in [2.75, 3.05) is 11.9 Å². The number of hydrogen-bond acceptors (Lipinski definition) is 6. The van der Waals surface area contributed by atoms with Gasteiger partial charge < -0.3 is 10.1 Å². The fourth-order valence-corrected chi connectivity index (χ4v) is 1.65. The SMILES string of the molecule is CCOC(=O)c1nnnn1CC(=O)Nc1ccc(Cl)cc1. The summed E-state index contributed by atoms with van der Waals surface area (Å²) >= 11 is 5.75. The first-order valence-electron chi connectivity index (χ1n) is 6.09. The van der Waals surface area contributed by atoms with Gasteiger partial charge in [0.2, 0.25) is 5.91 Å². The molecule has 0 spiro atoms. The van der Waals surface area contributed by atoms with Gasteiger partial charge in [0.15, 0.2) is 0 Å². The van der Waals surface area contributed by atoms with E-state index in [0.717, 1.165) is 4.68 Å². The normalized spacial score (nSPS) is 10.2. The molecule has 0 atom stereocenters. The molecule has 1 N–H and O–H groups in total. The van der Waals surface area contributed by atoms with E-state index in [9.17, 15) is 9.59 Å². The number of ether oxygens (including phenoxy) is 1. The number of tetrazole rings is 1. The smallest absolute Gasteiger partial charge is 0.378 e. The largest absolute Gasteiger partial charge is 0.460 e. The number of aromatic nitrogens is 4. The molecule has 2 aromatic rings. The lowest BCUT2D eigenvalue weighted by molar-refractivity contribution is -0.116. The Balaban J connectivity index is 2.01. The molecule has 0 radical (unpaired) electrons. The zero-order valence-corrected chi connectivity index (χ0v) is 11.9. The van der Waals surface area contributed by atoms with Crippen molar-refractivity contribution in [2.24, 2.45) is 0 Å². The Bertz CT molecular complexity index is 641. The van der Waals surface area contributed by atoms with E-state index in [-0.39, 0.29) is 24.9 Å². The van der Waals surface area contributed by atoms with Crippen LogP contribution < -0.4 is 5.32 Å². The number of nitrogens with one attached hydrogen (secondary N) is 1. The van der Waals surface area contributed by atoms with Crippen molar-refractivity contribution in [3.8, 4) is 0 Å². The number of carbonyl (C=O) groups is 2. The highest BCUT2D eigenvalue weighted by Gasteiger charge is 2.18. The maximum absolute atomic E-state index is 11.9. The van der Waals surface area contributed by atoms with E-state index in [2.05, 4.69) is 20.8 Å². The first kappa shape index (κ1) is 14.9. The van der Waals surface area contributed by atoms with Gasteiger partial charge in [-0.2, -0.15) is 0 Å². The van der Waals surface area contributed by atoms with E-state index >= 15 is 0 Å². The van der Waals surface area contributed by atoms with Gasteiger partial charge in [-0.15, -0.1) is 5.10 Å². The predicted octanol–water partition coefficient (Wildman–Crippen LogP) is 1.14. The zero-order chi connectivity index (χ0) is 15.2. The van der Waals surface area contributed by atoms with E-state index in [1.165, 1.54) is 0 Å². The molecule has 0 unspecified atom stereocenters. The minimum absolute atomic E-state index is 0.122. The highest BCUT2D eigenvalue weighted by Crippen LogP contribution is 2.13. The molecule has 0 saturated heterocycles. The summed E-state index contributed by atoms with van der Waals surface area (Å²) < 4.78 is 5.86. The Kier molecular flexibility index (Phi) is 4.83. The number of anilines is 1. The van der Waals surface area contributed by atoms with Crippen LogP contribution in [0.1, 0.15) is 17.5 Å². The maximum Gasteiger partial charge on any atom is 0.378 e. The molecule has 1 amide bonds. The molecule has 0 aliphatic carbocycles. The molecule has 1 aromatic carbocycles. The summed E-state index contributed by atoms with van der Waals surface area (Å²) in [6.45, 7) is 1.66. The molecule has 9 heteroatoms. The summed E-state index contributed by atoms with van der Waals surface area (Å²) in [7, 11) is 0. The van der Waals surface area contributed by atoms with Gasteiger partial charge in [0, 0.05) is 10.7 Å². The molecule has 110 valence electrons. The minimum atomic E-state index is -0.679. The van der Waals surface area contributed by atoms with Gasteiger partial charge in [0.05, 0.1) is 6.61 Å². The average Bonchev–Trinajstić information content (AvgIpc) is 2.90. The number of rotatable bonds is 5. The summed E-state index contributed by atoms with van der Waals surface area (Å²) in [5, 5.41) is 13.7. The van der Waals surface area contributed by atoms with Crippen LogP contribution in [-0.2, 0) is 16.1 Å². The highest BCUT2D eigenvalue weighted by atomic mass is 35.5. The third kappa shape index (κ3) is 3.99. The highest BCUT2D eigenvalue weighted by molar-refractivity contribution is 6.30. The first-order valence-corrected chi connectivity index (χ1v) is 6.46. The molecule has 0 bridgehead atoms. The minimum Gasteiger partial charge on any atom is -0.460 e. The van der Waals surface area contributed by atoms with Crippen molar-refractivity contribution in [3.05, 3.63) is 35.1 Å². The second-order valence-corrected chi connectivity index (χ2v) is 4.37. The summed E-state index contributed by atoms with van der Waals surface area (Å²) in [6, 6.07) is 6.62. The van der Waals surface area contributed by atoms with Crippen LogP contribution in [0.3, 0.4) is 0 Å². The number of benzene rings is 1. The van der Waals surface area contributed by atoms with Crippen LogP contribution in [0.4, 0.5) is 5.69 Å². The van der Waals surface area contributed by atoms with Gasteiger partial charge in [0.25, 0.3) is 5.82 Å². The summed E-state index contributed by atoms with van der Waals surface area (Å²) in [5.41, 5.74) is 0.579. The van der Waals surface area contributed by atoms with Gasteiger partial charge in [-0.05, 0) is 41.6 Å². The molecular formula is C12H12ClN5O3. The topological polar surface area (TPSA) is 99.0 Å². The Morgan fingerprint density at radius 1 is 1.33 bits per heavy atom. The Labute approximate surface area is 125 Å². The van der Waals surface area contributed by atoms with E-state index in [0.29, 0.717) is 10.7 Å². The molecule has 0 saturated carbocycles. The van der Waals surface area contributed by atoms with Gasteiger partial charge in [-0.1, -0.05) is 11.6 Å². The lowest BCUT2D eigenvalue weighted by Gasteiger charge is -2.06. The van der Waals surface area contributed by atoms with Crippen LogP contribution in [0.2, 0.25) is 5.02 Å². The maximum atomic E-state index is 11.9. The van der Waals surface area contributed by atoms with Crippen LogP contribution in [0.5, 0.6) is 0 Å². The number of nitrogens with zero attached hydrogens (tertiary/aromatic N) is 4. The number of carbonyl (C=O) groups excluding carboxylic acids is 2. The lowest BCUT2D eigenvalue weighted by Crippen LogP contribution is -2.23. The number of halogens is 1. The molecular weight excluding hydrogens is 298 g/mol. The summed E-state index contributed by atoms with van der Waals surface area (Å²) in [4.78, 5) is 23.5. The van der Waals surface area contributed by atoms with Crippen molar-refractivity contribution < 1.29 is 14.3 Å². The van der Waals surface area contributed by atoms with Gasteiger partial charge in [-0.3, -0.25) is 4.79 Å². The number of amides is 1. The van der Waals surface area contributed by atoms with Gasteiger partial charge in [-0.25, -0.2) is 9.48 Å². The fraction of sp³-hybridized carbons (Fsp3) is 0.250. The molecule has 0 aliphatic rings. The van der Waals surface area contributed by atoms with Crippen molar-refractivity contribution >= 4 is 29.2 Å². The third-order valence-corrected chi connectivity index (χ3v) is 2.66. The quantitative estimate of drug-likeness (QED) is 0.832. The summed E-state index contributed by atoms with van der Waals surface area (Å²) in [6.07, 6.45) is 0. The zero-order valence-electron chi connectivity index (χ0n) is 11.1. The summed E-state index contributed by atoms with van der Waals surface area (Å²) in [5.74, 6) is -1.18. The number of hydrogen-bond donors (Lipinski definition) is 1. The molecule has 21 heavy (non-hydrogen) atoms.